The molecule has 0 fully saturated rings. The van der Waals surface area contributed by atoms with Gasteiger partial charge in [-0.25, -0.2) is 9.59 Å². The number of rotatable bonds is 7. The molecule has 2 N–H and O–H groups in total. The van der Waals surface area contributed by atoms with E-state index in [0.717, 1.165) is 31.6 Å². The van der Waals surface area contributed by atoms with Crippen LogP contribution in [0.15, 0.2) is 30.3 Å². The third-order valence-corrected chi connectivity index (χ3v) is 5.02. The summed E-state index contributed by atoms with van der Waals surface area (Å²) in [6, 6.07) is 8.70. The molecule has 0 bridgehead atoms. The van der Waals surface area contributed by atoms with E-state index in [1.165, 1.54) is 41.3 Å². The monoisotopic (exact) mass is 433 g/mol. The Morgan fingerprint density at radius 2 is 1.80 bits per heavy atom. The van der Waals surface area contributed by atoms with Crippen LogP contribution in [-0.2, 0) is 22.6 Å². The van der Waals surface area contributed by atoms with Gasteiger partial charge in [-0.15, -0.1) is 4.37 Å². The van der Waals surface area contributed by atoms with Gasteiger partial charge in [0.1, 0.15) is 12.3 Å². The highest BCUT2D eigenvalue weighted by Crippen LogP contribution is 2.27. The number of benzene rings is 1. The number of aromatic nitrogens is 2. The van der Waals surface area contributed by atoms with Crippen molar-refractivity contribution in [3.05, 3.63) is 47.2 Å². The van der Waals surface area contributed by atoms with Gasteiger partial charge in [0, 0.05) is 13.1 Å². The molecule has 2 aromatic rings. The van der Waals surface area contributed by atoms with Crippen LogP contribution < -0.4 is 4.74 Å². The maximum Gasteiger partial charge on any atom is 0.414 e. The van der Waals surface area contributed by atoms with Crippen molar-refractivity contribution in [3.63, 3.8) is 0 Å². The molecule has 0 unspecified atom stereocenters. The minimum absolute atomic E-state index is 0.537. The molecule has 0 spiro atoms. The average molecular weight is 434 g/mol. The minimum atomic E-state index is -1.82. The lowest BCUT2D eigenvalue weighted by Gasteiger charge is -2.22. The maximum atomic E-state index is 9.10. The van der Waals surface area contributed by atoms with Crippen molar-refractivity contribution in [2.45, 2.75) is 39.2 Å². The molecule has 162 valence electrons. The van der Waals surface area contributed by atoms with Gasteiger partial charge in [0.05, 0.1) is 11.7 Å². The molecule has 30 heavy (non-hydrogen) atoms. The normalized spacial score (nSPS) is 13.7. The summed E-state index contributed by atoms with van der Waals surface area (Å²) in [5, 5.41) is 14.8. The lowest BCUT2D eigenvalue weighted by molar-refractivity contribution is -0.159. The first-order valence-corrected chi connectivity index (χ1v) is 10.5. The number of carbonyl (C=O) groups is 2. The number of unbranched alkanes of at least 4 members (excludes halogenated alkanes) is 1. The van der Waals surface area contributed by atoms with Crippen molar-refractivity contribution in [1.82, 2.24) is 13.6 Å². The van der Waals surface area contributed by atoms with E-state index in [-0.39, 0.29) is 0 Å². The fourth-order valence-electron chi connectivity index (χ4n) is 2.87. The van der Waals surface area contributed by atoms with Gasteiger partial charge in [-0.1, -0.05) is 43.7 Å². The molecule has 8 nitrogen and oxygen atoms in total. The second kappa shape index (κ2) is 12.0. The zero-order valence-electron chi connectivity index (χ0n) is 17.2. The number of aryl methyl sites for hydroxylation is 1. The lowest BCUT2D eigenvalue weighted by Crippen LogP contribution is -2.25. The van der Waals surface area contributed by atoms with Crippen LogP contribution >= 0.6 is 11.7 Å². The van der Waals surface area contributed by atoms with Crippen LogP contribution in [0, 0.1) is 0 Å². The minimum Gasteiger partial charge on any atom is -0.473 e. The number of ether oxygens (including phenoxy) is 1. The summed E-state index contributed by atoms with van der Waals surface area (Å²) in [5.74, 6) is -2.98. The largest absolute Gasteiger partial charge is 0.473 e. The van der Waals surface area contributed by atoms with E-state index in [1.54, 1.807) is 0 Å². The van der Waals surface area contributed by atoms with Crippen molar-refractivity contribution in [2.24, 2.45) is 0 Å². The standard InChI is InChI=1S/C19H25N3OS.C2H2O4/c1-3-4-6-15-8-10-16(11-9-15)14-23-19-18(20-24-21-19)17-7-5-12-22(2)13-17;3-1(4)2(5)6/h7-11H,3-6,12-14H2,1-2H3;(H,3,4)(H,5,6). The van der Waals surface area contributed by atoms with Gasteiger partial charge < -0.3 is 19.8 Å². The van der Waals surface area contributed by atoms with E-state index in [0.29, 0.717) is 12.5 Å². The van der Waals surface area contributed by atoms with Crippen molar-refractivity contribution in [1.29, 1.82) is 0 Å². The van der Waals surface area contributed by atoms with Gasteiger partial charge in [0.25, 0.3) is 5.88 Å². The number of aliphatic carboxylic acids is 2. The molecule has 1 aromatic heterocycles. The summed E-state index contributed by atoms with van der Waals surface area (Å²) in [6.07, 6.45) is 6.94. The van der Waals surface area contributed by atoms with Crippen LogP contribution in [0.3, 0.4) is 0 Å². The summed E-state index contributed by atoms with van der Waals surface area (Å²) < 4.78 is 14.7. The van der Waals surface area contributed by atoms with E-state index in [1.807, 2.05) is 0 Å². The highest BCUT2D eigenvalue weighted by Gasteiger charge is 2.18. The summed E-state index contributed by atoms with van der Waals surface area (Å²) >= 11 is 1.22. The van der Waals surface area contributed by atoms with Crippen LogP contribution in [0.25, 0.3) is 5.57 Å². The molecule has 3 rings (SSSR count). The Kier molecular flexibility index (Phi) is 9.43. The quantitative estimate of drug-likeness (QED) is 0.639. The zero-order chi connectivity index (χ0) is 21.9. The number of hydrogen-bond donors (Lipinski definition) is 2. The molecule has 0 amide bonds. The smallest absolute Gasteiger partial charge is 0.414 e. The third kappa shape index (κ3) is 7.57. The Balaban J connectivity index is 0.000000469. The van der Waals surface area contributed by atoms with Crippen LogP contribution in [-0.4, -0.2) is 55.9 Å². The van der Waals surface area contributed by atoms with Gasteiger partial charge >= 0.3 is 11.9 Å². The molecule has 1 aromatic carbocycles. The van der Waals surface area contributed by atoms with Crippen molar-refractivity contribution < 1.29 is 24.5 Å². The number of carboxylic acids is 2. The second-order valence-electron chi connectivity index (χ2n) is 6.99. The fraction of sp³-hybridized carbons (Fsp3) is 0.429. The lowest BCUT2D eigenvalue weighted by atomic mass is 10.1. The molecule has 0 aliphatic carbocycles. The van der Waals surface area contributed by atoms with Gasteiger partial charge in [-0.3, -0.25) is 0 Å². The summed E-state index contributed by atoms with van der Waals surface area (Å²) in [6.45, 7) is 4.77. The topological polar surface area (TPSA) is 113 Å². The Hall–Kier alpha value is -2.78. The Bertz CT molecular complexity index is 852. The Morgan fingerprint density at radius 1 is 1.13 bits per heavy atom. The molecule has 9 heteroatoms. The number of carboxylic acid groups (broad SMARTS) is 2. The molecule has 0 saturated carbocycles. The summed E-state index contributed by atoms with van der Waals surface area (Å²) in [5.41, 5.74) is 4.70. The summed E-state index contributed by atoms with van der Waals surface area (Å²) in [7, 11) is 2.13. The first-order chi connectivity index (χ1) is 14.4. The van der Waals surface area contributed by atoms with Gasteiger partial charge in [-0.2, -0.15) is 4.37 Å². The third-order valence-electron chi connectivity index (χ3n) is 4.50. The highest BCUT2D eigenvalue weighted by atomic mass is 32.1. The Morgan fingerprint density at radius 3 is 2.40 bits per heavy atom. The average Bonchev–Trinajstić information content (AvgIpc) is 3.20. The van der Waals surface area contributed by atoms with Crippen molar-refractivity contribution >= 4 is 29.2 Å². The number of hydrogen-bond acceptors (Lipinski definition) is 7. The van der Waals surface area contributed by atoms with E-state index < -0.39 is 11.9 Å². The molecule has 1 aliphatic heterocycles. The fourth-order valence-corrected chi connectivity index (χ4v) is 3.40. The van der Waals surface area contributed by atoms with E-state index in [2.05, 4.69) is 58.0 Å². The van der Waals surface area contributed by atoms with Crippen LogP contribution in [0.4, 0.5) is 0 Å². The number of nitrogens with zero attached hydrogens (tertiary/aromatic N) is 3. The summed E-state index contributed by atoms with van der Waals surface area (Å²) in [4.78, 5) is 20.5. The first kappa shape index (κ1) is 23.5. The second-order valence-corrected chi connectivity index (χ2v) is 7.52. The van der Waals surface area contributed by atoms with Crippen molar-refractivity contribution in [2.75, 3.05) is 20.1 Å². The molecular weight excluding hydrogens is 406 g/mol. The van der Waals surface area contributed by atoms with Crippen molar-refractivity contribution in [3.8, 4) is 5.88 Å². The van der Waals surface area contributed by atoms with Gasteiger partial charge in [0.2, 0.25) is 0 Å². The van der Waals surface area contributed by atoms with Crippen LogP contribution in [0.1, 0.15) is 43.0 Å². The van der Waals surface area contributed by atoms with Gasteiger partial charge in [-0.05, 0) is 43.0 Å². The van der Waals surface area contributed by atoms with E-state index in [9.17, 15) is 0 Å². The maximum absolute atomic E-state index is 9.10. The van der Waals surface area contributed by atoms with E-state index >= 15 is 0 Å². The first-order valence-electron chi connectivity index (χ1n) is 9.78. The van der Waals surface area contributed by atoms with Crippen LogP contribution in [0.2, 0.25) is 0 Å². The molecule has 1 aliphatic rings. The number of likely N-dealkylation sites (N-methyl/N-ethyl adjacent to an activating group) is 1. The molecule has 0 saturated heterocycles. The predicted molar refractivity (Wildman–Crippen MR) is 115 cm³/mol. The van der Waals surface area contributed by atoms with E-state index in [4.69, 9.17) is 24.5 Å². The van der Waals surface area contributed by atoms with Gasteiger partial charge in [0.15, 0.2) is 0 Å². The van der Waals surface area contributed by atoms with Crippen LogP contribution in [0.5, 0.6) is 5.88 Å². The molecule has 0 atom stereocenters. The Labute approximate surface area is 180 Å². The predicted octanol–water partition coefficient (Wildman–Crippen LogP) is 3.33. The highest BCUT2D eigenvalue weighted by molar-refractivity contribution is 6.99. The SMILES string of the molecule is CCCCc1ccc(COc2nsnc2C2=CCCN(C)C2)cc1.O=C(O)C(=O)O. The molecule has 2 heterocycles. The zero-order valence-corrected chi connectivity index (χ0v) is 18.0. The molecule has 0 radical (unpaired) electrons. The molecular formula is C21H27N3O5S.